The summed E-state index contributed by atoms with van der Waals surface area (Å²) < 4.78 is 0. The number of allylic oxidation sites excluding steroid dienone is 4. The minimum atomic E-state index is -0.579. The van der Waals surface area contributed by atoms with Crippen molar-refractivity contribution in [2.45, 2.75) is 25.9 Å². The summed E-state index contributed by atoms with van der Waals surface area (Å²) in [6, 6.07) is 18.0. The summed E-state index contributed by atoms with van der Waals surface area (Å²) >= 11 is 0. The summed E-state index contributed by atoms with van der Waals surface area (Å²) in [4.78, 5) is 0. The lowest BCUT2D eigenvalue weighted by atomic mass is 9.86. The molecule has 1 nitrogen and oxygen atoms in total. The number of benzene rings is 2. The maximum atomic E-state index is 10.7. The van der Waals surface area contributed by atoms with Crippen molar-refractivity contribution in [3.05, 3.63) is 94.6 Å². The van der Waals surface area contributed by atoms with E-state index in [1.807, 2.05) is 48.5 Å². The first kappa shape index (κ1) is 13.8. The van der Waals surface area contributed by atoms with Crippen LogP contribution in [0, 0.1) is 0 Å². The molecule has 0 aliphatic heterocycles. The fourth-order valence-corrected chi connectivity index (χ4v) is 2.96. The Bertz CT molecular complexity index is 695. The highest BCUT2D eigenvalue weighted by molar-refractivity contribution is 5.49. The molecule has 0 aromatic heterocycles. The first-order valence-electron chi connectivity index (χ1n) is 7.36. The van der Waals surface area contributed by atoms with Gasteiger partial charge in [0.05, 0.1) is 0 Å². The van der Waals surface area contributed by atoms with Crippen LogP contribution in [-0.2, 0) is 0 Å². The topological polar surface area (TPSA) is 20.2 Å². The number of rotatable bonds is 3. The zero-order chi connectivity index (χ0) is 14.8. The third-order valence-electron chi connectivity index (χ3n) is 4.37. The Labute approximate surface area is 126 Å². The van der Waals surface area contributed by atoms with Crippen LogP contribution >= 0.6 is 0 Å². The fraction of sp³-hybridized carbons (Fsp3) is 0.200. The molecule has 1 heteroatoms. The fourth-order valence-electron chi connectivity index (χ4n) is 2.96. The van der Waals surface area contributed by atoms with Crippen molar-refractivity contribution in [2.24, 2.45) is 0 Å². The van der Waals surface area contributed by atoms with Gasteiger partial charge in [-0.3, -0.25) is 0 Å². The third kappa shape index (κ3) is 2.57. The molecule has 2 aromatic carbocycles. The van der Waals surface area contributed by atoms with Gasteiger partial charge in [0.1, 0.15) is 6.10 Å². The van der Waals surface area contributed by atoms with Crippen molar-refractivity contribution in [2.75, 3.05) is 0 Å². The van der Waals surface area contributed by atoms with Crippen LogP contribution in [0.25, 0.3) is 0 Å². The Morgan fingerprint density at radius 1 is 0.905 bits per heavy atom. The lowest BCUT2D eigenvalue weighted by molar-refractivity contribution is 0.219. The van der Waals surface area contributed by atoms with Crippen LogP contribution in [-0.4, -0.2) is 5.11 Å². The standard InChI is InChI=1S/C20H20O/c1-14-12-13-17(15(14)2)18-10-6-7-11-19(18)20(21)16-8-4-3-5-9-16/h3-13,17,20-21H,1-2H3. The van der Waals surface area contributed by atoms with E-state index in [-0.39, 0.29) is 5.92 Å². The Morgan fingerprint density at radius 2 is 1.57 bits per heavy atom. The lowest BCUT2D eigenvalue weighted by Crippen LogP contribution is -2.06. The molecule has 2 aromatic rings. The SMILES string of the molecule is CC1=C(C)C(c2ccccc2C(O)c2ccccc2)C=C1. The molecular weight excluding hydrogens is 256 g/mol. The van der Waals surface area contributed by atoms with Gasteiger partial charge in [0, 0.05) is 5.92 Å². The summed E-state index contributed by atoms with van der Waals surface area (Å²) in [6.45, 7) is 4.31. The molecule has 21 heavy (non-hydrogen) atoms. The zero-order valence-electron chi connectivity index (χ0n) is 12.5. The third-order valence-corrected chi connectivity index (χ3v) is 4.37. The van der Waals surface area contributed by atoms with Crippen LogP contribution in [0.3, 0.4) is 0 Å². The summed E-state index contributed by atoms with van der Waals surface area (Å²) in [7, 11) is 0. The van der Waals surface area contributed by atoms with Crippen LogP contribution in [0.5, 0.6) is 0 Å². The van der Waals surface area contributed by atoms with Crippen LogP contribution in [0.1, 0.15) is 42.6 Å². The summed E-state index contributed by atoms with van der Waals surface area (Å²) in [6.07, 6.45) is 3.82. The average Bonchev–Trinajstić information content (AvgIpc) is 2.87. The van der Waals surface area contributed by atoms with E-state index in [9.17, 15) is 5.11 Å². The van der Waals surface area contributed by atoms with E-state index in [1.165, 1.54) is 16.7 Å². The van der Waals surface area contributed by atoms with E-state index in [0.717, 1.165) is 11.1 Å². The number of hydrogen-bond acceptors (Lipinski definition) is 1. The average molecular weight is 276 g/mol. The van der Waals surface area contributed by atoms with Crippen molar-refractivity contribution < 1.29 is 5.11 Å². The van der Waals surface area contributed by atoms with Crippen molar-refractivity contribution in [1.82, 2.24) is 0 Å². The molecule has 0 amide bonds. The molecule has 1 aliphatic rings. The van der Waals surface area contributed by atoms with Gasteiger partial charge in [0.15, 0.2) is 0 Å². The van der Waals surface area contributed by atoms with E-state index < -0.39 is 6.10 Å². The Kier molecular flexibility index (Phi) is 3.76. The van der Waals surface area contributed by atoms with Crippen molar-refractivity contribution in [3.63, 3.8) is 0 Å². The Morgan fingerprint density at radius 3 is 2.24 bits per heavy atom. The van der Waals surface area contributed by atoms with Crippen molar-refractivity contribution >= 4 is 0 Å². The van der Waals surface area contributed by atoms with E-state index in [0.29, 0.717) is 0 Å². The van der Waals surface area contributed by atoms with Gasteiger partial charge >= 0.3 is 0 Å². The molecule has 1 N–H and O–H groups in total. The molecule has 0 spiro atoms. The zero-order valence-corrected chi connectivity index (χ0v) is 12.5. The Balaban J connectivity index is 2.03. The second kappa shape index (κ2) is 5.71. The second-order valence-electron chi connectivity index (χ2n) is 5.64. The maximum absolute atomic E-state index is 10.7. The number of aliphatic hydroxyl groups is 1. The summed E-state index contributed by atoms with van der Waals surface area (Å²) in [5, 5.41) is 10.7. The first-order valence-corrected chi connectivity index (χ1v) is 7.36. The number of hydrogen-bond donors (Lipinski definition) is 1. The molecule has 0 saturated carbocycles. The van der Waals surface area contributed by atoms with Gasteiger partial charge in [-0.05, 0) is 30.5 Å². The normalized spacial score (nSPS) is 19.1. The van der Waals surface area contributed by atoms with Crippen LogP contribution in [0.2, 0.25) is 0 Å². The number of aliphatic hydroxyl groups excluding tert-OH is 1. The van der Waals surface area contributed by atoms with Crippen LogP contribution < -0.4 is 0 Å². The van der Waals surface area contributed by atoms with Gasteiger partial charge in [-0.15, -0.1) is 0 Å². The van der Waals surface area contributed by atoms with Gasteiger partial charge < -0.3 is 5.11 Å². The van der Waals surface area contributed by atoms with E-state index >= 15 is 0 Å². The summed E-state index contributed by atoms with van der Waals surface area (Å²) in [5.74, 6) is 0.277. The minimum absolute atomic E-state index is 0.277. The van der Waals surface area contributed by atoms with Crippen LogP contribution in [0.15, 0.2) is 77.9 Å². The highest BCUT2D eigenvalue weighted by Gasteiger charge is 2.22. The molecule has 2 atom stereocenters. The van der Waals surface area contributed by atoms with Crippen molar-refractivity contribution in [1.29, 1.82) is 0 Å². The smallest absolute Gasteiger partial charge is 0.104 e. The maximum Gasteiger partial charge on any atom is 0.104 e. The molecule has 0 heterocycles. The minimum Gasteiger partial charge on any atom is -0.384 e. The summed E-state index contributed by atoms with van der Waals surface area (Å²) in [5.41, 5.74) is 5.81. The predicted molar refractivity (Wildman–Crippen MR) is 87.2 cm³/mol. The van der Waals surface area contributed by atoms with Gasteiger partial charge in [-0.1, -0.05) is 77.9 Å². The second-order valence-corrected chi connectivity index (χ2v) is 5.64. The molecule has 2 unspecified atom stereocenters. The van der Waals surface area contributed by atoms with E-state index in [2.05, 4.69) is 32.1 Å². The van der Waals surface area contributed by atoms with Crippen molar-refractivity contribution in [3.8, 4) is 0 Å². The van der Waals surface area contributed by atoms with Crippen LogP contribution in [0.4, 0.5) is 0 Å². The molecule has 0 fully saturated rings. The molecule has 0 bridgehead atoms. The molecular formula is C20H20O. The van der Waals surface area contributed by atoms with Gasteiger partial charge in [0.25, 0.3) is 0 Å². The molecule has 0 saturated heterocycles. The first-order chi connectivity index (χ1) is 10.2. The van der Waals surface area contributed by atoms with E-state index in [4.69, 9.17) is 0 Å². The highest BCUT2D eigenvalue weighted by atomic mass is 16.3. The molecule has 3 rings (SSSR count). The highest BCUT2D eigenvalue weighted by Crippen LogP contribution is 2.38. The molecule has 106 valence electrons. The predicted octanol–water partition coefficient (Wildman–Crippen LogP) is 4.76. The van der Waals surface area contributed by atoms with Gasteiger partial charge in [-0.25, -0.2) is 0 Å². The molecule has 0 radical (unpaired) electrons. The van der Waals surface area contributed by atoms with Gasteiger partial charge in [0.2, 0.25) is 0 Å². The largest absolute Gasteiger partial charge is 0.384 e. The Hall–Kier alpha value is -2.12. The lowest BCUT2D eigenvalue weighted by Gasteiger charge is -2.20. The monoisotopic (exact) mass is 276 g/mol. The quantitative estimate of drug-likeness (QED) is 0.857. The van der Waals surface area contributed by atoms with E-state index in [1.54, 1.807) is 0 Å². The van der Waals surface area contributed by atoms with Gasteiger partial charge in [-0.2, -0.15) is 0 Å². The molecule has 1 aliphatic carbocycles.